The molecule has 0 spiro atoms. The summed E-state index contributed by atoms with van der Waals surface area (Å²) in [6.07, 6.45) is 0. The quantitative estimate of drug-likeness (QED) is 0.575. The molecule has 0 aliphatic heterocycles. The van der Waals surface area contributed by atoms with Gasteiger partial charge >= 0.3 is 0 Å². The molecule has 0 saturated carbocycles. The Morgan fingerprint density at radius 3 is 2.36 bits per heavy atom. The third kappa shape index (κ3) is 1.88. The van der Waals surface area contributed by atoms with Crippen LogP contribution in [0.15, 0.2) is 23.1 Å². The number of hydrogen-bond acceptors (Lipinski definition) is 4. The average molecular weight is 216 g/mol. The lowest BCUT2D eigenvalue weighted by Crippen LogP contribution is -2.15. The molecule has 7 heteroatoms. The average Bonchev–Trinajstić information content (AvgIpc) is 2.01. The number of rotatable bonds is 2. The van der Waals surface area contributed by atoms with Gasteiger partial charge in [0.2, 0.25) is 10.0 Å². The van der Waals surface area contributed by atoms with E-state index in [-0.39, 0.29) is 5.56 Å². The predicted octanol–water partition coefficient (Wildman–Crippen LogP) is 0.551. The largest absolute Gasteiger partial charge is 0.289 e. The molecule has 1 aromatic carbocycles. The van der Waals surface area contributed by atoms with E-state index in [4.69, 9.17) is 5.14 Å². The van der Waals surface area contributed by atoms with Crippen molar-refractivity contribution in [3.05, 3.63) is 33.9 Å². The number of sulfonamides is 1. The molecule has 1 rings (SSSR count). The second-order valence-electron chi connectivity index (χ2n) is 2.73. The highest BCUT2D eigenvalue weighted by atomic mass is 32.2. The standard InChI is InChI=1S/C7H8N2O4S/c1-5-3-2-4-6(9(10)11)7(5)14(8,12)13/h2-4H,1H3,(H2,8,12,13). The van der Waals surface area contributed by atoms with Crippen LogP contribution in [-0.4, -0.2) is 13.3 Å². The minimum atomic E-state index is -4.05. The molecule has 0 aliphatic carbocycles. The zero-order chi connectivity index (χ0) is 10.9. The van der Waals surface area contributed by atoms with Gasteiger partial charge in [0.15, 0.2) is 4.90 Å². The Balaban J connectivity index is 3.62. The molecule has 0 radical (unpaired) electrons. The van der Waals surface area contributed by atoms with Gasteiger partial charge in [-0.2, -0.15) is 0 Å². The van der Waals surface area contributed by atoms with Crippen LogP contribution >= 0.6 is 0 Å². The maximum Gasteiger partial charge on any atom is 0.289 e. The highest BCUT2D eigenvalue weighted by Gasteiger charge is 2.24. The lowest BCUT2D eigenvalue weighted by atomic mass is 10.2. The molecule has 0 atom stereocenters. The van der Waals surface area contributed by atoms with Crippen LogP contribution in [-0.2, 0) is 10.0 Å². The second kappa shape index (κ2) is 3.35. The maximum atomic E-state index is 11.1. The molecular formula is C7H8N2O4S. The Kier molecular flexibility index (Phi) is 2.54. The number of nitrogens with zero attached hydrogens (tertiary/aromatic N) is 1. The van der Waals surface area contributed by atoms with Crippen LogP contribution in [0.4, 0.5) is 5.69 Å². The van der Waals surface area contributed by atoms with Gasteiger partial charge in [-0.15, -0.1) is 0 Å². The van der Waals surface area contributed by atoms with Crippen molar-refractivity contribution in [2.24, 2.45) is 5.14 Å². The minimum Gasteiger partial charge on any atom is -0.258 e. The van der Waals surface area contributed by atoms with Gasteiger partial charge in [0.1, 0.15) is 0 Å². The lowest BCUT2D eigenvalue weighted by molar-refractivity contribution is -0.387. The first kappa shape index (κ1) is 10.6. The molecule has 0 fully saturated rings. The van der Waals surface area contributed by atoms with E-state index in [0.29, 0.717) is 0 Å². The van der Waals surface area contributed by atoms with Crippen LogP contribution in [0.5, 0.6) is 0 Å². The monoisotopic (exact) mass is 216 g/mol. The van der Waals surface area contributed by atoms with Crippen molar-refractivity contribution in [3.63, 3.8) is 0 Å². The fraction of sp³-hybridized carbons (Fsp3) is 0.143. The third-order valence-electron chi connectivity index (χ3n) is 1.67. The lowest BCUT2D eigenvalue weighted by Gasteiger charge is -2.02. The summed E-state index contributed by atoms with van der Waals surface area (Å²) in [5, 5.41) is 15.4. The molecule has 0 amide bonds. The van der Waals surface area contributed by atoms with Crippen molar-refractivity contribution in [3.8, 4) is 0 Å². The molecule has 6 nitrogen and oxygen atoms in total. The van der Waals surface area contributed by atoms with E-state index in [2.05, 4.69) is 0 Å². The minimum absolute atomic E-state index is 0.265. The number of nitrogens with two attached hydrogens (primary N) is 1. The molecule has 14 heavy (non-hydrogen) atoms. The first-order valence-corrected chi connectivity index (χ1v) is 5.15. The van der Waals surface area contributed by atoms with Crippen LogP contribution in [0.25, 0.3) is 0 Å². The summed E-state index contributed by atoms with van der Waals surface area (Å²) in [6, 6.07) is 3.96. The van der Waals surface area contributed by atoms with Crippen molar-refractivity contribution < 1.29 is 13.3 Å². The van der Waals surface area contributed by atoms with E-state index in [0.717, 1.165) is 6.07 Å². The first-order valence-electron chi connectivity index (χ1n) is 3.61. The second-order valence-corrected chi connectivity index (χ2v) is 4.22. The smallest absolute Gasteiger partial charge is 0.258 e. The van der Waals surface area contributed by atoms with Gasteiger partial charge in [0, 0.05) is 6.07 Å². The fourth-order valence-corrected chi connectivity index (χ4v) is 2.10. The van der Waals surface area contributed by atoms with E-state index in [1.807, 2.05) is 0 Å². The van der Waals surface area contributed by atoms with Gasteiger partial charge in [-0.05, 0) is 12.5 Å². The summed E-state index contributed by atoms with van der Waals surface area (Å²) in [6.45, 7) is 1.45. The molecule has 0 aliphatic rings. The Morgan fingerprint density at radius 1 is 1.43 bits per heavy atom. The molecule has 2 N–H and O–H groups in total. The van der Waals surface area contributed by atoms with Crippen LogP contribution in [0.1, 0.15) is 5.56 Å². The molecule has 0 aromatic heterocycles. The molecule has 0 heterocycles. The molecule has 1 aromatic rings. The highest BCUT2D eigenvalue weighted by molar-refractivity contribution is 7.89. The summed E-state index contributed by atoms with van der Waals surface area (Å²) < 4.78 is 22.1. The van der Waals surface area contributed by atoms with Gasteiger partial charge in [-0.25, -0.2) is 13.6 Å². The topological polar surface area (TPSA) is 103 Å². The number of aryl methyl sites for hydroxylation is 1. The van der Waals surface area contributed by atoms with Crippen molar-refractivity contribution in [1.82, 2.24) is 0 Å². The predicted molar refractivity (Wildman–Crippen MR) is 49.2 cm³/mol. The highest BCUT2D eigenvalue weighted by Crippen LogP contribution is 2.25. The third-order valence-corrected chi connectivity index (χ3v) is 2.77. The Bertz CT molecular complexity index is 480. The normalized spacial score (nSPS) is 11.3. The van der Waals surface area contributed by atoms with Crippen LogP contribution < -0.4 is 5.14 Å². The van der Waals surface area contributed by atoms with Crippen molar-refractivity contribution >= 4 is 15.7 Å². The summed E-state index contributed by atoms with van der Waals surface area (Å²) in [7, 11) is -4.05. The summed E-state index contributed by atoms with van der Waals surface area (Å²) in [4.78, 5) is 9.31. The summed E-state index contributed by atoms with van der Waals surface area (Å²) in [5.41, 5.74) is -0.228. The van der Waals surface area contributed by atoms with Gasteiger partial charge < -0.3 is 0 Å². The number of nitro groups is 1. The maximum absolute atomic E-state index is 11.1. The number of benzene rings is 1. The molecule has 76 valence electrons. The zero-order valence-electron chi connectivity index (χ0n) is 7.30. The van der Waals surface area contributed by atoms with E-state index >= 15 is 0 Å². The fourth-order valence-electron chi connectivity index (χ4n) is 1.15. The van der Waals surface area contributed by atoms with Crippen LogP contribution in [0.3, 0.4) is 0 Å². The van der Waals surface area contributed by atoms with Gasteiger partial charge in [0.25, 0.3) is 5.69 Å². The van der Waals surface area contributed by atoms with E-state index in [9.17, 15) is 18.5 Å². The van der Waals surface area contributed by atoms with E-state index in [1.54, 1.807) is 0 Å². The molecular weight excluding hydrogens is 208 g/mol. The Morgan fingerprint density at radius 2 is 2.00 bits per heavy atom. The number of primary sulfonamides is 1. The van der Waals surface area contributed by atoms with Gasteiger partial charge in [-0.1, -0.05) is 12.1 Å². The van der Waals surface area contributed by atoms with Crippen LogP contribution in [0, 0.1) is 17.0 Å². The molecule has 0 saturated heterocycles. The van der Waals surface area contributed by atoms with Crippen molar-refractivity contribution in [1.29, 1.82) is 0 Å². The van der Waals surface area contributed by atoms with E-state index in [1.165, 1.54) is 19.1 Å². The number of nitro benzene ring substituents is 1. The van der Waals surface area contributed by atoms with Gasteiger partial charge in [0.05, 0.1) is 4.92 Å². The zero-order valence-corrected chi connectivity index (χ0v) is 8.11. The summed E-state index contributed by atoms with van der Waals surface area (Å²) >= 11 is 0. The van der Waals surface area contributed by atoms with Crippen LogP contribution in [0.2, 0.25) is 0 Å². The molecule has 0 bridgehead atoms. The van der Waals surface area contributed by atoms with Gasteiger partial charge in [-0.3, -0.25) is 10.1 Å². The molecule has 0 unspecified atom stereocenters. The van der Waals surface area contributed by atoms with E-state index < -0.39 is 25.5 Å². The number of hydrogen-bond donors (Lipinski definition) is 1. The first-order chi connectivity index (χ1) is 6.34. The van der Waals surface area contributed by atoms with Crippen molar-refractivity contribution in [2.75, 3.05) is 0 Å². The Labute approximate surface area is 80.5 Å². The Hall–Kier alpha value is -1.47. The van der Waals surface area contributed by atoms with Crippen molar-refractivity contribution in [2.45, 2.75) is 11.8 Å². The SMILES string of the molecule is Cc1cccc([N+](=O)[O-])c1S(N)(=O)=O. The summed E-state index contributed by atoms with van der Waals surface area (Å²) in [5.74, 6) is 0.